The molecule has 1 amide bonds. The number of nitrogens with one attached hydrogen (secondary N) is 1. The molecule has 3 N–H and O–H groups in total. The topological polar surface area (TPSA) is 137 Å². The molecule has 1 atom stereocenters. The van der Waals surface area contributed by atoms with Crippen molar-refractivity contribution in [2.45, 2.75) is 39.7 Å². The fourth-order valence-electron chi connectivity index (χ4n) is 3.94. The molecule has 1 aromatic carbocycles. The molecule has 1 aliphatic heterocycles. The number of hydrogen-bond acceptors (Lipinski definition) is 9. The lowest BCUT2D eigenvalue weighted by atomic mass is 10.1. The second-order valence-electron chi connectivity index (χ2n) is 8.21. The van der Waals surface area contributed by atoms with Gasteiger partial charge in [0.05, 0.1) is 13.2 Å². The van der Waals surface area contributed by atoms with E-state index in [1.54, 1.807) is 11.4 Å². The molecule has 11 heteroatoms. The summed E-state index contributed by atoms with van der Waals surface area (Å²) in [6.07, 6.45) is -0.425. The average molecular weight is 468 g/mol. The standard InChI is InChI=1S/C23H29N7O4/c1-14-19(15(2)30-23(25-14)27-22(24)28-30)8-9-20(31)34-16(3)21(32)26-17-4-6-18(7-5-17)29-10-12-33-13-11-29/h4-7,16H,8-13H2,1-3H3,(H2,24,28)(H,26,32)/t16-/m0/s1. The molecule has 1 aliphatic rings. The van der Waals surface area contributed by atoms with E-state index in [4.69, 9.17) is 15.2 Å². The average Bonchev–Trinajstić information content (AvgIpc) is 3.20. The number of esters is 1. The van der Waals surface area contributed by atoms with Gasteiger partial charge in [-0.15, -0.1) is 5.10 Å². The number of amides is 1. The van der Waals surface area contributed by atoms with E-state index in [9.17, 15) is 9.59 Å². The van der Waals surface area contributed by atoms with Crippen LogP contribution in [0, 0.1) is 13.8 Å². The molecule has 1 saturated heterocycles. The number of aromatic nitrogens is 4. The van der Waals surface area contributed by atoms with Crippen LogP contribution in [0.5, 0.6) is 0 Å². The minimum atomic E-state index is -0.927. The number of anilines is 3. The molecule has 11 nitrogen and oxygen atoms in total. The van der Waals surface area contributed by atoms with Crippen molar-refractivity contribution < 1.29 is 19.1 Å². The number of hydrogen-bond donors (Lipinski definition) is 2. The highest BCUT2D eigenvalue weighted by Gasteiger charge is 2.20. The third kappa shape index (κ3) is 5.25. The van der Waals surface area contributed by atoms with Crippen LogP contribution < -0.4 is 16.0 Å². The van der Waals surface area contributed by atoms with E-state index >= 15 is 0 Å². The summed E-state index contributed by atoms with van der Waals surface area (Å²) in [5.41, 5.74) is 9.80. The summed E-state index contributed by atoms with van der Waals surface area (Å²) in [4.78, 5) is 35.6. The number of carbonyl (C=O) groups is 2. The van der Waals surface area contributed by atoms with Gasteiger partial charge in [0, 0.05) is 42.3 Å². The maximum atomic E-state index is 12.5. The zero-order valence-electron chi connectivity index (χ0n) is 19.6. The van der Waals surface area contributed by atoms with Crippen LogP contribution in [-0.4, -0.2) is 63.9 Å². The Balaban J connectivity index is 1.29. The lowest BCUT2D eigenvalue weighted by Gasteiger charge is -2.28. The fourth-order valence-corrected chi connectivity index (χ4v) is 3.94. The highest BCUT2D eigenvalue weighted by Crippen LogP contribution is 2.20. The smallest absolute Gasteiger partial charge is 0.306 e. The Morgan fingerprint density at radius 2 is 1.88 bits per heavy atom. The van der Waals surface area contributed by atoms with Gasteiger partial charge in [0.15, 0.2) is 6.10 Å². The molecule has 180 valence electrons. The van der Waals surface area contributed by atoms with Gasteiger partial charge < -0.3 is 25.4 Å². The van der Waals surface area contributed by atoms with Crippen LogP contribution >= 0.6 is 0 Å². The van der Waals surface area contributed by atoms with E-state index in [1.165, 1.54) is 0 Å². The first-order valence-corrected chi connectivity index (χ1v) is 11.2. The van der Waals surface area contributed by atoms with Gasteiger partial charge in [-0.1, -0.05) is 0 Å². The Bertz CT molecular complexity index is 1190. The fraction of sp³-hybridized carbons (Fsp3) is 0.435. The van der Waals surface area contributed by atoms with E-state index in [0.717, 1.165) is 35.7 Å². The summed E-state index contributed by atoms with van der Waals surface area (Å²) < 4.78 is 12.3. The zero-order chi connectivity index (χ0) is 24.2. The summed E-state index contributed by atoms with van der Waals surface area (Å²) in [5, 5.41) is 6.92. The molecule has 0 spiro atoms. The summed E-state index contributed by atoms with van der Waals surface area (Å²) >= 11 is 0. The van der Waals surface area contributed by atoms with Gasteiger partial charge in [0.25, 0.3) is 11.7 Å². The number of fused-ring (bicyclic) bond motifs is 1. The molecule has 4 rings (SSSR count). The first kappa shape index (κ1) is 23.4. The molecular formula is C23H29N7O4. The van der Waals surface area contributed by atoms with E-state index in [-0.39, 0.29) is 18.3 Å². The van der Waals surface area contributed by atoms with E-state index in [1.807, 2.05) is 38.1 Å². The Morgan fingerprint density at radius 1 is 1.18 bits per heavy atom. The number of carbonyl (C=O) groups excluding carboxylic acids is 2. The van der Waals surface area contributed by atoms with Crippen molar-refractivity contribution in [3.63, 3.8) is 0 Å². The second kappa shape index (κ2) is 10.0. The van der Waals surface area contributed by atoms with E-state index < -0.39 is 12.1 Å². The Hall–Kier alpha value is -3.73. The summed E-state index contributed by atoms with van der Waals surface area (Å²) in [5.74, 6) is -0.299. The van der Waals surface area contributed by atoms with Crippen molar-refractivity contribution in [2.24, 2.45) is 0 Å². The van der Waals surface area contributed by atoms with Gasteiger partial charge in [0.1, 0.15) is 0 Å². The number of aryl methyl sites for hydroxylation is 2. The lowest BCUT2D eigenvalue weighted by Crippen LogP contribution is -2.36. The molecule has 0 radical (unpaired) electrons. The van der Waals surface area contributed by atoms with Gasteiger partial charge in [-0.05, 0) is 57.0 Å². The molecule has 0 saturated carbocycles. The molecule has 3 heterocycles. The van der Waals surface area contributed by atoms with Crippen LogP contribution in [0.2, 0.25) is 0 Å². The maximum Gasteiger partial charge on any atom is 0.306 e. The molecular weight excluding hydrogens is 438 g/mol. The molecule has 0 bridgehead atoms. The Morgan fingerprint density at radius 3 is 2.59 bits per heavy atom. The Labute approximate surface area is 197 Å². The predicted molar refractivity (Wildman–Crippen MR) is 127 cm³/mol. The van der Waals surface area contributed by atoms with Crippen LogP contribution in [0.1, 0.15) is 30.3 Å². The van der Waals surface area contributed by atoms with Gasteiger partial charge in [-0.2, -0.15) is 9.50 Å². The molecule has 0 aliphatic carbocycles. The number of benzene rings is 1. The van der Waals surface area contributed by atoms with Crippen molar-refractivity contribution in [3.8, 4) is 0 Å². The van der Waals surface area contributed by atoms with Crippen LogP contribution in [0.15, 0.2) is 24.3 Å². The minimum absolute atomic E-state index is 0.102. The normalized spacial score (nSPS) is 14.7. The van der Waals surface area contributed by atoms with Crippen molar-refractivity contribution >= 4 is 35.0 Å². The lowest BCUT2D eigenvalue weighted by molar-refractivity contribution is -0.153. The number of nitrogen functional groups attached to an aromatic ring is 1. The molecule has 1 fully saturated rings. The quantitative estimate of drug-likeness (QED) is 0.497. The first-order chi connectivity index (χ1) is 16.3. The molecule has 3 aromatic rings. The number of ether oxygens (including phenoxy) is 2. The third-order valence-corrected chi connectivity index (χ3v) is 5.83. The van der Waals surface area contributed by atoms with Crippen molar-refractivity contribution in [2.75, 3.05) is 42.3 Å². The van der Waals surface area contributed by atoms with Crippen LogP contribution in [0.3, 0.4) is 0 Å². The second-order valence-corrected chi connectivity index (χ2v) is 8.21. The van der Waals surface area contributed by atoms with Gasteiger partial charge in [-0.3, -0.25) is 9.59 Å². The van der Waals surface area contributed by atoms with E-state index in [2.05, 4.69) is 25.3 Å². The van der Waals surface area contributed by atoms with Crippen molar-refractivity contribution in [1.29, 1.82) is 0 Å². The highest BCUT2D eigenvalue weighted by molar-refractivity contribution is 5.95. The number of nitrogens with two attached hydrogens (primary N) is 1. The zero-order valence-corrected chi connectivity index (χ0v) is 19.6. The van der Waals surface area contributed by atoms with Crippen LogP contribution in [-0.2, 0) is 25.5 Å². The van der Waals surface area contributed by atoms with Gasteiger partial charge in [0.2, 0.25) is 5.95 Å². The van der Waals surface area contributed by atoms with Gasteiger partial charge >= 0.3 is 5.97 Å². The highest BCUT2D eigenvalue weighted by atomic mass is 16.5. The number of rotatable bonds is 7. The van der Waals surface area contributed by atoms with Crippen LogP contribution in [0.4, 0.5) is 17.3 Å². The largest absolute Gasteiger partial charge is 0.453 e. The maximum absolute atomic E-state index is 12.5. The SMILES string of the molecule is Cc1nc2nc(N)nn2c(C)c1CCC(=O)O[C@@H](C)C(=O)Nc1ccc(N2CCOCC2)cc1. The number of morpholine rings is 1. The Kier molecular flexibility index (Phi) is 6.92. The predicted octanol–water partition coefficient (Wildman–Crippen LogP) is 1.66. The first-order valence-electron chi connectivity index (χ1n) is 11.2. The summed E-state index contributed by atoms with van der Waals surface area (Å²) in [7, 11) is 0. The monoisotopic (exact) mass is 467 g/mol. The van der Waals surface area contributed by atoms with Crippen molar-refractivity contribution in [3.05, 3.63) is 41.2 Å². The summed E-state index contributed by atoms with van der Waals surface area (Å²) in [6, 6.07) is 7.58. The van der Waals surface area contributed by atoms with Crippen LogP contribution in [0.25, 0.3) is 5.78 Å². The van der Waals surface area contributed by atoms with Crippen molar-refractivity contribution in [1.82, 2.24) is 19.6 Å². The minimum Gasteiger partial charge on any atom is -0.453 e. The molecule has 2 aromatic heterocycles. The number of nitrogens with zero attached hydrogens (tertiary/aromatic N) is 5. The summed E-state index contributed by atoms with van der Waals surface area (Å²) in [6.45, 7) is 8.37. The third-order valence-electron chi connectivity index (χ3n) is 5.83. The van der Waals surface area contributed by atoms with Gasteiger partial charge in [-0.25, -0.2) is 4.98 Å². The molecule has 0 unspecified atom stereocenters. The molecule has 34 heavy (non-hydrogen) atoms. The van der Waals surface area contributed by atoms with E-state index in [0.29, 0.717) is 31.1 Å².